The summed E-state index contributed by atoms with van der Waals surface area (Å²) in [6.45, 7) is 7.99. The summed E-state index contributed by atoms with van der Waals surface area (Å²) in [6, 6.07) is -0.824. The molecule has 3 N–H and O–H groups in total. The van der Waals surface area contributed by atoms with Gasteiger partial charge in [0.05, 0.1) is 12.7 Å². The lowest BCUT2D eigenvalue weighted by molar-refractivity contribution is -0.127. The SMILES string of the molecule is COC(=O)c1c(C)[nH]c(C(=O)O[C@H](C)C(=O)NC(=O)NC(C)C)c1C. The van der Waals surface area contributed by atoms with Gasteiger partial charge in [0.1, 0.15) is 5.69 Å². The first-order valence-electron chi connectivity index (χ1n) is 7.68. The first kappa shape index (κ1) is 20.2. The van der Waals surface area contributed by atoms with Crippen molar-refractivity contribution in [3.05, 3.63) is 22.5 Å². The molecule has 0 aliphatic heterocycles. The normalized spacial score (nSPS) is 11.6. The van der Waals surface area contributed by atoms with Gasteiger partial charge in [0.2, 0.25) is 0 Å². The molecule has 0 fully saturated rings. The highest BCUT2D eigenvalue weighted by Gasteiger charge is 2.26. The number of aromatic amines is 1. The third-order valence-electron chi connectivity index (χ3n) is 3.34. The highest BCUT2D eigenvalue weighted by Crippen LogP contribution is 2.20. The second kappa shape index (κ2) is 8.32. The Labute approximate surface area is 145 Å². The van der Waals surface area contributed by atoms with Crippen LogP contribution in [0.1, 0.15) is 52.9 Å². The monoisotopic (exact) mass is 353 g/mol. The fourth-order valence-corrected chi connectivity index (χ4v) is 2.15. The van der Waals surface area contributed by atoms with Crippen molar-refractivity contribution in [3.8, 4) is 0 Å². The molecule has 0 aromatic carbocycles. The van der Waals surface area contributed by atoms with Crippen LogP contribution >= 0.6 is 0 Å². The Balaban J connectivity index is 2.81. The van der Waals surface area contributed by atoms with Gasteiger partial charge in [-0.05, 0) is 40.2 Å². The Morgan fingerprint density at radius 3 is 2.16 bits per heavy atom. The highest BCUT2D eigenvalue weighted by molar-refractivity contribution is 6.00. The van der Waals surface area contributed by atoms with Crippen molar-refractivity contribution in [2.45, 2.75) is 46.8 Å². The first-order chi connectivity index (χ1) is 11.6. The van der Waals surface area contributed by atoms with Crippen LogP contribution in [-0.2, 0) is 14.3 Å². The number of ether oxygens (including phenoxy) is 2. The van der Waals surface area contributed by atoms with Crippen LogP contribution in [0.2, 0.25) is 0 Å². The summed E-state index contributed by atoms with van der Waals surface area (Å²) in [6.07, 6.45) is -1.20. The molecule has 1 atom stereocenters. The molecule has 0 aliphatic rings. The van der Waals surface area contributed by atoms with E-state index in [1.54, 1.807) is 27.7 Å². The van der Waals surface area contributed by atoms with E-state index in [-0.39, 0.29) is 17.3 Å². The number of amides is 3. The molecule has 0 radical (unpaired) electrons. The van der Waals surface area contributed by atoms with Gasteiger partial charge in [-0.1, -0.05) is 0 Å². The molecule has 0 saturated heterocycles. The van der Waals surface area contributed by atoms with Crippen LogP contribution in [0.25, 0.3) is 0 Å². The number of esters is 2. The second-order valence-corrected chi connectivity index (χ2v) is 5.78. The molecule has 0 unspecified atom stereocenters. The predicted octanol–water partition coefficient (Wildman–Crippen LogP) is 1.20. The van der Waals surface area contributed by atoms with E-state index in [0.717, 1.165) is 0 Å². The average molecular weight is 353 g/mol. The van der Waals surface area contributed by atoms with Crippen molar-refractivity contribution in [1.29, 1.82) is 0 Å². The number of methoxy groups -OCH3 is 1. The zero-order chi connectivity index (χ0) is 19.3. The number of hydrogen-bond donors (Lipinski definition) is 3. The molecule has 138 valence electrons. The van der Waals surface area contributed by atoms with Gasteiger partial charge in [-0.3, -0.25) is 10.1 Å². The molecular weight excluding hydrogens is 330 g/mol. The fourth-order valence-electron chi connectivity index (χ4n) is 2.15. The van der Waals surface area contributed by atoms with Gasteiger partial charge in [-0.25, -0.2) is 14.4 Å². The van der Waals surface area contributed by atoms with Crippen molar-refractivity contribution in [1.82, 2.24) is 15.6 Å². The minimum absolute atomic E-state index is 0.0455. The zero-order valence-corrected chi connectivity index (χ0v) is 15.1. The molecule has 0 aliphatic carbocycles. The predicted molar refractivity (Wildman–Crippen MR) is 88.3 cm³/mol. The molecule has 1 heterocycles. The maximum atomic E-state index is 12.2. The van der Waals surface area contributed by atoms with Gasteiger partial charge >= 0.3 is 18.0 Å². The van der Waals surface area contributed by atoms with Crippen LogP contribution in [-0.4, -0.2) is 48.1 Å². The minimum Gasteiger partial charge on any atom is -0.465 e. The molecule has 0 saturated carbocycles. The summed E-state index contributed by atoms with van der Waals surface area (Å²) in [7, 11) is 1.24. The smallest absolute Gasteiger partial charge is 0.355 e. The molecule has 1 aromatic heterocycles. The molecular formula is C16H23N3O6. The molecule has 9 nitrogen and oxygen atoms in total. The standard InChI is InChI=1S/C16H23N3O6/c1-7(2)17-16(23)19-13(20)10(5)25-15(22)12-8(3)11(9(4)18-12)14(21)24-6/h7,10,18H,1-6H3,(H2,17,19,20,23)/t10-/m1/s1. The van der Waals surface area contributed by atoms with Crippen LogP contribution < -0.4 is 10.6 Å². The largest absolute Gasteiger partial charge is 0.465 e. The van der Waals surface area contributed by atoms with E-state index in [2.05, 4.69) is 20.4 Å². The van der Waals surface area contributed by atoms with Crippen LogP contribution in [0, 0.1) is 13.8 Å². The van der Waals surface area contributed by atoms with Crippen molar-refractivity contribution >= 4 is 23.9 Å². The fraction of sp³-hybridized carbons (Fsp3) is 0.500. The number of rotatable bonds is 5. The summed E-state index contributed by atoms with van der Waals surface area (Å²) in [5.74, 6) is -2.16. The van der Waals surface area contributed by atoms with E-state index in [1.165, 1.54) is 14.0 Å². The van der Waals surface area contributed by atoms with E-state index in [1.807, 2.05) is 0 Å². The van der Waals surface area contributed by atoms with E-state index >= 15 is 0 Å². The molecule has 0 bridgehead atoms. The zero-order valence-electron chi connectivity index (χ0n) is 15.1. The van der Waals surface area contributed by atoms with Crippen LogP contribution in [0.3, 0.4) is 0 Å². The second-order valence-electron chi connectivity index (χ2n) is 5.78. The number of H-pyrrole nitrogens is 1. The summed E-state index contributed by atoms with van der Waals surface area (Å²) >= 11 is 0. The van der Waals surface area contributed by atoms with E-state index in [4.69, 9.17) is 4.74 Å². The molecule has 1 rings (SSSR count). The quantitative estimate of drug-likeness (QED) is 0.683. The number of carbonyl (C=O) groups excluding carboxylic acids is 4. The van der Waals surface area contributed by atoms with E-state index in [0.29, 0.717) is 11.3 Å². The van der Waals surface area contributed by atoms with Gasteiger partial charge in [-0.15, -0.1) is 0 Å². The summed E-state index contributed by atoms with van der Waals surface area (Å²) in [5, 5.41) is 4.56. The van der Waals surface area contributed by atoms with Crippen molar-refractivity contribution < 1.29 is 28.7 Å². The number of urea groups is 1. The van der Waals surface area contributed by atoms with Gasteiger partial charge < -0.3 is 19.8 Å². The third kappa shape index (κ3) is 5.07. The molecule has 3 amide bonds. The Hall–Kier alpha value is -2.84. The maximum Gasteiger partial charge on any atom is 0.355 e. The van der Waals surface area contributed by atoms with Crippen LogP contribution in [0.5, 0.6) is 0 Å². The lowest BCUT2D eigenvalue weighted by Crippen LogP contribution is -2.46. The first-order valence-corrected chi connectivity index (χ1v) is 7.68. The Morgan fingerprint density at radius 2 is 1.64 bits per heavy atom. The topological polar surface area (TPSA) is 127 Å². The summed E-state index contributed by atoms with van der Waals surface area (Å²) in [5.41, 5.74) is 1.09. The molecule has 1 aromatic rings. The van der Waals surface area contributed by atoms with Gasteiger partial charge in [0, 0.05) is 11.7 Å². The number of carbonyl (C=O) groups is 4. The van der Waals surface area contributed by atoms with Crippen LogP contribution in [0.4, 0.5) is 4.79 Å². The van der Waals surface area contributed by atoms with Crippen molar-refractivity contribution in [2.75, 3.05) is 7.11 Å². The number of imide groups is 1. The van der Waals surface area contributed by atoms with E-state index < -0.39 is 30.0 Å². The highest BCUT2D eigenvalue weighted by atomic mass is 16.5. The lowest BCUT2D eigenvalue weighted by Gasteiger charge is -2.14. The van der Waals surface area contributed by atoms with Crippen molar-refractivity contribution in [2.24, 2.45) is 0 Å². The maximum absolute atomic E-state index is 12.2. The number of aromatic nitrogens is 1. The van der Waals surface area contributed by atoms with Gasteiger partial charge in [0.15, 0.2) is 6.10 Å². The van der Waals surface area contributed by atoms with Gasteiger partial charge in [-0.2, -0.15) is 0 Å². The average Bonchev–Trinajstić information content (AvgIpc) is 2.80. The Bertz CT molecular complexity index is 692. The third-order valence-corrected chi connectivity index (χ3v) is 3.34. The lowest BCUT2D eigenvalue weighted by atomic mass is 10.1. The number of hydrogen-bond acceptors (Lipinski definition) is 6. The van der Waals surface area contributed by atoms with E-state index in [9.17, 15) is 19.2 Å². The van der Waals surface area contributed by atoms with Crippen LogP contribution in [0.15, 0.2) is 0 Å². The minimum atomic E-state index is -1.20. The number of aryl methyl sites for hydroxylation is 1. The molecule has 25 heavy (non-hydrogen) atoms. The Kier molecular flexibility index (Phi) is 6.72. The summed E-state index contributed by atoms with van der Waals surface area (Å²) in [4.78, 5) is 50.1. The molecule has 9 heteroatoms. The van der Waals surface area contributed by atoms with Gasteiger partial charge in [0.25, 0.3) is 5.91 Å². The van der Waals surface area contributed by atoms with Crippen molar-refractivity contribution in [3.63, 3.8) is 0 Å². The number of nitrogens with one attached hydrogen (secondary N) is 3. The molecule has 0 spiro atoms. The summed E-state index contributed by atoms with van der Waals surface area (Å²) < 4.78 is 9.72. The Morgan fingerprint density at radius 1 is 1.04 bits per heavy atom.